The second kappa shape index (κ2) is 10.6. The first kappa shape index (κ1) is 18.8. The largest absolute Gasteiger partial charge is 0.385 e. The molecule has 0 aromatic rings. The van der Waals surface area contributed by atoms with Crippen molar-refractivity contribution in [1.82, 2.24) is 0 Å². The van der Waals surface area contributed by atoms with E-state index in [9.17, 15) is 8.42 Å². The van der Waals surface area contributed by atoms with Gasteiger partial charge in [-0.2, -0.15) is 0 Å². The van der Waals surface area contributed by atoms with Crippen LogP contribution in [0.3, 0.4) is 0 Å². The molecule has 0 aliphatic rings. The third-order valence-corrected chi connectivity index (χ3v) is 3.62. The van der Waals surface area contributed by atoms with Gasteiger partial charge in [0.2, 0.25) is 10.0 Å². The summed E-state index contributed by atoms with van der Waals surface area (Å²) >= 11 is 0. The van der Waals surface area contributed by atoms with E-state index >= 15 is 0 Å². The van der Waals surface area contributed by atoms with Crippen molar-refractivity contribution < 1.29 is 22.6 Å². The average Bonchev–Trinajstić information content (AvgIpc) is 2.29. The van der Waals surface area contributed by atoms with Gasteiger partial charge in [-0.15, -0.1) is 0 Å². The zero-order chi connectivity index (χ0) is 14.7. The van der Waals surface area contributed by atoms with Crippen LogP contribution in [0.4, 0.5) is 0 Å². The van der Waals surface area contributed by atoms with E-state index in [1.54, 1.807) is 7.11 Å². The molecule has 0 aromatic heterocycles. The molecule has 0 saturated heterocycles. The SMILES string of the molecule is COCCCOCCOCC(CS(N)(=O)=O)C(C)C. The summed E-state index contributed by atoms with van der Waals surface area (Å²) in [6.07, 6.45) is 0.858. The molecule has 0 spiro atoms. The normalized spacial score (nSPS) is 13.9. The minimum Gasteiger partial charge on any atom is -0.385 e. The summed E-state index contributed by atoms with van der Waals surface area (Å²) in [7, 11) is -1.80. The molecule has 0 aromatic carbocycles. The molecular formula is C12H27NO5S. The van der Waals surface area contributed by atoms with Crippen molar-refractivity contribution in [2.75, 3.05) is 45.9 Å². The zero-order valence-electron chi connectivity index (χ0n) is 12.1. The van der Waals surface area contributed by atoms with Gasteiger partial charge in [-0.05, 0) is 18.3 Å². The predicted molar refractivity (Wildman–Crippen MR) is 74.4 cm³/mol. The number of rotatable bonds is 12. The van der Waals surface area contributed by atoms with Gasteiger partial charge in [-0.3, -0.25) is 0 Å². The lowest BCUT2D eigenvalue weighted by Gasteiger charge is -2.19. The smallest absolute Gasteiger partial charge is 0.209 e. The van der Waals surface area contributed by atoms with Crippen LogP contribution < -0.4 is 5.14 Å². The molecule has 0 saturated carbocycles. The van der Waals surface area contributed by atoms with Crippen molar-refractivity contribution in [1.29, 1.82) is 0 Å². The van der Waals surface area contributed by atoms with E-state index < -0.39 is 10.0 Å². The van der Waals surface area contributed by atoms with E-state index in [4.69, 9.17) is 19.3 Å². The Labute approximate surface area is 116 Å². The van der Waals surface area contributed by atoms with E-state index in [0.29, 0.717) is 33.0 Å². The van der Waals surface area contributed by atoms with Crippen molar-refractivity contribution in [3.63, 3.8) is 0 Å². The van der Waals surface area contributed by atoms with Crippen molar-refractivity contribution in [3.8, 4) is 0 Å². The molecule has 1 unspecified atom stereocenters. The lowest BCUT2D eigenvalue weighted by atomic mass is 9.99. The molecule has 0 bridgehead atoms. The minimum atomic E-state index is -3.45. The number of ether oxygens (including phenoxy) is 3. The molecule has 0 amide bonds. The summed E-state index contributed by atoms with van der Waals surface area (Å²) in [5.41, 5.74) is 0. The Morgan fingerprint density at radius 2 is 1.68 bits per heavy atom. The summed E-state index contributed by atoms with van der Waals surface area (Å²) < 4.78 is 37.8. The third-order valence-electron chi connectivity index (χ3n) is 2.73. The first-order valence-electron chi connectivity index (χ1n) is 6.51. The molecule has 116 valence electrons. The number of sulfonamides is 1. The van der Waals surface area contributed by atoms with E-state index in [0.717, 1.165) is 6.42 Å². The lowest BCUT2D eigenvalue weighted by Crippen LogP contribution is -2.29. The van der Waals surface area contributed by atoms with Crippen LogP contribution in [0.2, 0.25) is 0 Å². The second-order valence-electron chi connectivity index (χ2n) is 4.87. The van der Waals surface area contributed by atoms with E-state index in [1.165, 1.54) is 0 Å². The molecule has 7 heteroatoms. The highest BCUT2D eigenvalue weighted by molar-refractivity contribution is 7.89. The highest BCUT2D eigenvalue weighted by Gasteiger charge is 2.19. The van der Waals surface area contributed by atoms with Crippen LogP contribution in [0.15, 0.2) is 0 Å². The molecule has 0 fully saturated rings. The molecule has 0 rings (SSSR count). The summed E-state index contributed by atoms with van der Waals surface area (Å²) in [6.45, 7) is 6.59. The van der Waals surface area contributed by atoms with Gasteiger partial charge in [0.05, 0.1) is 25.6 Å². The molecule has 0 heterocycles. The number of primary sulfonamides is 1. The van der Waals surface area contributed by atoms with Crippen molar-refractivity contribution in [2.45, 2.75) is 20.3 Å². The molecule has 2 N–H and O–H groups in total. The molecular weight excluding hydrogens is 270 g/mol. The van der Waals surface area contributed by atoms with Crippen LogP contribution in [0.25, 0.3) is 0 Å². The highest BCUT2D eigenvalue weighted by Crippen LogP contribution is 2.12. The molecule has 1 atom stereocenters. The fraction of sp³-hybridized carbons (Fsp3) is 1.00. The number of hydrogen-bond donors (Lipinski definition) is 1. The molecule has 19 heavy (non-hydrogen) atoms. The Balaban J connectivity index is 3.65. The number of nitrogens with two attached hydrogens (primary N) is 1. The molecule has 6 nitrogen and oxygen atoms in total. The first-order chi connectivity index (χ1) is 8.87. The van der Waals surface area contributed by atoms with Crippen LogP contribution in [-0.4, -0.2) is 54.3 Å². The van der Waals surface area contributed by atoms with Gasteiger partial charge >= 0.3 is 0 Å². The monoisotopic (exact) mass is 297 g/mol. The van der Waals surface area contributed by atoms with Crippen molar-refractivity contribution in [3.05, 3.63) is 0 Å². The Morgan fingerprint density at radius 1 is 1.05 bits per heavy atom. The number of hydrogen-bond acceptors (Lipinski definition) is 5. The topological polar surface area (TPSA) is 87.8 Å². The Bertz CT molecular complexity index is 305. The van der Waals surface area contributed by atoms with Gasteiger partial charge in [0.25, 0.3) is 0 Å². The highest BCUT2D eigenvalue weighted by atomic mass is 32.2. The van der Waals surface area contributed by atoms with Crippen LogP contribution in [-0.2, 0) is 24.2 Å². The Kier molecular flexibility index (Phi) is 10.4. The maximum atomic E-state index is 11.1. The third kappa shape index (κ3) is 12.6. The van der Waals surface area contributed by atoms with Gasteiger partial charge in [-0.25, -0.2) is 13.6 Å². The van der Waals surface area contributed by atoms with Crippen LogP contribution in [0.5, 0.6) is 0 Å². The second-order valence-corrected chi connectivity index (χ2v) is 6.53. The first-order valence-corrected chi connectivity index (χ1v) is 8.23. The van der Waals surface area contributed by atoms with Gasteiger partial charge in [0.15, 0.2) is 0 Å². The van der Waals surface area contributed by atoms with Crippen LogP contribution in [0.1, 0.15) is 20.3 Å². The van der Waals surface area contributed by atoms with Crippen molar-refractivity contribution in [2.24, 2.45) is 17.0 Å². The van der Waals surface area contributed by atoms with Crippen molar-refractivity contribution >= 4 is 10.0 Å². The summed E-state index contributed by atoms with van der Waals surface area (Å²) in [6, 6.07) is 0. The Morgan fingerprint density at radius 3 is 2.21 bits per heavy atom. The average molecular weight is 297 g/mol. The zero-order valence-corrected chi connectivity index (χ0v) is 12.9. The van der Waals surface area contributed by atoms with Gasteiger partial charge in [0.1, 0.15) is 0 Å². The summed E-state index contributed by atoms with van der Waals surface area (Å²) in [5.74, 6) is 0.0868. The molecule has 0 aliphatic carbocycles. The fourth-order valence-electron chi connectivity index (χ4n) is 1.49. The quantitative estimate of drug-likeness (QED) is 0.533. The van der Waals surface area contributed by atoms with Gasteiger partial charge < -0.3 is 14.2 Å². The maximum absolute atomic E-state index is 11.1. The van der Waals surface area contributed by atoms with E-state index in [1.807, 2.05) is 13.8 Å². The minimum absolute atomic E-state index is 0.0423. The van der Waals surface area contributed by atoms with Crippen LogP contribution in [0, 0.1) is 11.8 Å². The Hall–Kier alpha value is -0.210. The number of methoxy groups -OCH3 is 1. The van der Waals surface area contributed by atoms with E-state index in [2.05, 4.69) is 0 Å². The lowest BCUT2D eigenvalue weighted by molar-refractivity contribution is 0.0246. The van der Waals surface area contributed by atoms with E-state index in [-0.39, 0.29) is 17.6 Å². The fourth-order valence-corrected chi connectivity index (χ4v) is 2.57. The summed E-state index contributed by atoms with van der Waals surface area (Å²) in [4.78, 5) is 0. The molecule has 0 aliphatic heterocycles. The standard InChI is InChI=1S/C12H27NO5S/c1-11(2)12(10-19(13,14)15)9-18-8-7-17-6-4-5-16-3/h11-12H,4-10H2,1-3H3,(H2,13,14,15). The van der Waals surface area contributed by atoms with Gasteiger partial charge in [0, 0.05) is 20.3 Å². The predicted octanol–water partition coefficient (Wildman–Crippen LogP) is 0.617. The van der Waals surface area contributed by atoms with Crippen LogP contribution >= 0.6 is 0 Å². The summed E-state index contributed by atoms with van der Waals surface area (Å²) in [5, 5.41) is 5.05. The maximum Gasteiger partial charge on any atom is 0.209 e. The van der Waals surface area contributed by atoms with Gasteiger partial charge in [-0.1, -0.05) is 13.8 Å². The molecule has 0 radical (unpaired) electrons.